The van der Waals surface area contributed by atoms with Crippen molar-refractivity contribution in [2.75, 3.05) is 18.9 Å². The number of ether oxygens (including phenoxy) is 6. The Morgan fingerprint density at radius 2 is 0.655 bits per heavy atom. The molecule has 0 amide bonds. The van der Waals surface area contributed by atoms with E-state index >= 15 is 0 Å². The number of anilines is 1. The summed E-state index contributed by atoms with van der Waals surface area (Å²) in [6, 6.07) is 24.8. The van der Waals surface area contributed by atoms with Gasteiger partial charge < -0.3 is 39.3 Å². The topological polar surface area (TPSA) is 582 Å². The molecular weight excluding hydrogens is 2420 g/mol. The number of rotatable bonds is 25. The molecule has 784 valence electrons. The van der Waals surface area contributed by atoms with E-state index in [-0.39, 0.29) is 147 Å². The van der Waals surface area contributed by atoms with Crippen LogP contribution in [-0.4, -0.2) is 153 Å². The van der Waals surface area contributed by atoms with Gasteiger partial charge in [-0.05, 0) is 137 Å². The second-order valence-corrected chi connectivity index (χ2v) is 53.3. The number of benzene rings is 5. The summed E-state index contributed by atoms with van der Waals surface area (Å²) in [5.74, 6) is 0.988. The van der Waals surface area contributed by atoms with E-state index in [1.807, 2.05) is 13.8 Å². The van der Waals surface area contributed by atoms with Gasteiger partial charge in [-0.2, -0.15) is 20.6 Å². The molecule has 14 rings (SSSR count). The Balaban J connectivity index is 0.000000219. The van der Waals surface area contributed by atoms with Crippen molar-refractivity contribution in [1.29, 1.82) is 5.26 Å². The number of hydrogen-bond donors (Lipinski definition) is 8. The van der Waals surface area contributed by atoms with Crippen LogP contribution in [-0.2, 0) is 37.7 Å². The third-order valence-corrected chi connectivity index (χ3v) is 29.9. The van der Waals surface area contributed by atoms with E-state index in [0.29, 0.717) is 67.9 Å². The summed E-state index contributed by atoms with van der Waals surface area (Å²) in [5, 5.41) is 71.0. The number of hydrogen-bond acceptors (Lipinski definition) is 32. The Morgan fingerprint density at radius 3 is 0.932 bits per heavy atom. The van der Waals surface area contributed by atoms with Gasteiger partial charge in [0.15, 0.2) is 61.3 Å². The summed E-state index contributed by atoms with van der Waals surface area (Å²) >= 11 is 80.2. The quantitative estimate of drug-likeness (QED) is 0.0114. The molecule has 5 atom stereocenters. The molecule has 0 aliphatic heterocycles. The molecule has 57 heteroatoms. The summed E-state index contributed by atoms with van der Waals surface area (Å²) in [6.07, 6.45) is 2.73. The summed E-state index contributed by atoms with van der Waals surface area (Å²) in [7, 11) is 5.72. The molecule has 5 aromatic carbocycles. The fraction of sp³-hybridized carbons (Fsp3) is 0.297. The number of H-pyrrole nitrogens is 6. The van der Waals surface area contributed by atoms with Crippen LogP contribution in [0, 0.1) is 14.9 Å². The molecule has 0 aliphatic carbocycles. The number of aliphatic hydroxyl groups excluding tert-OH is 1. The zero-order valence-corrected chi connectivity index (χ0v) is 95.8. The average Bonchev–Trinajstić information content (AvgIpc) is 0.800. The molecule has 0 saturated carbocycles. The maximum atomic E-state index is 12.1. The Labute approximate surface area is 922 Å². The van der Waals surface area contributed by atoms with Crippen molar-refractivity contribution < 1.29 is 38.3 Å². The van der Waals surface area contributed by atoms with E-state index in [0.717, 1.165) is 53.6 Å². The number of nitriles is 1. The van der Waals surface area contributed by atoms with Crippen molar-refractivity contribution in [3.05, 3.63) is 292 Å². The molecule has 0 bridgehead atoms. The van der Waals surface area contributed by atoms with Crippen molar-refractivity contribution in [1.82, 2.24) is 110 Å². The molecular formula is C91H90Cl13IN24O18Sn. The van der Waals surface area contributed by atoms with Gasteiger partial charge in [0.1, 0.15) is 0 Å². The number of esters is 1. The second kappa shape index (κ2) is 55.4. The van der Waals surface area contributed by atoms with Crippen molar-refractivity contribution in [2.45, 2.75) is 133 Å². The van der Waals surface area contributed by atoms with Crippen LogP contribution in [0.3, 0.4) is 0 Å². The normalized spacial score (nSPS) is 11.8. The number of halogens is 14. The summed E-state index contributed by atoms with van der Waals surface area (Å²) in [4.78, 5) is 143. The molecule has 0 spiro atoms. The Kier molecular flexibility index (Phi) is 45.5. The first-order valence-corrected chi connectivity index (χ1v) is 59.4. The zero-order valence-electron chi connectivity index (χ0n) is 80.9. The average molecular weight is 2510 g/mol. The van der Waals surface area contributed by atoms with Gasteiger partial charge in [0.05, 0.1) is 62.9 Å². The minimum absolute atomic E-state index is 0.000793. The number of nitrogens with zero attached hydrogens (tertiary/aromatic N) is 17. The first-order valence-electron chi connectivity index (χ1n) is 43.4. The number of aryl methyl sites for hydroxylation is 4. The predicted octanol–water partition coefficient (Wildman–Crippen LogP) is 18.8. The van der Waals surface area contributed by atoms with Crippen molar-refractivity contribution >= 4 is 207 Å². The molecule has 5 unspecified atom stereocenters. The second-order valence-electron chi connectivity index (χ2n) is 32.7. The molecule has 0 radical (unpaired) electrons. The zero-order chi connectivity index (χ0) is 110. The van der Waals surface area contributed by atoms with Gasteiger partial charge in [-0.1, -0.05) is 206 Å². The van der Waals surface area contributed by atoms with Crippen LogP contribution in [0.1, 0.15) is 146 Å². The van der Waals surface area contributed by atoms with Crippen LogP contribution in [0.5, 0.6) is 58.1 Å². The number of carbonyl (C=O) groups is 1. The standard InChI is InChI=1S/C19H17Cl2N5O6.C18H16Cl3N5O3.C17H15Cl2N5O5.C14H12Cl3IN2O.C14H14Cl3N3O.C4H4N3O2.C2H3N.3CH3.Sn/c1-8(7-31-9(2)27)11-6-14(23-24-17(11)28)32-16-12(20)4-10(5-13(16)21)15-18(29)22-19(30)26(3)25-15;1-4-8(2)10-7-13(23-24-16(10)21)29-15-11(19)5-9(6-12(15)20)14-17(27)22-18(28)26(3)25-14;1-7(6-25)9-5-12(21-22-15(9)26)29-14-10(18)3-8(4-11(14)19)13-16(27)20-17(28)24(2)23-13;2*1-3-7(2)9-6-12(19-20-14(9)17)21-13-10(15)4-8(18)5-11(13)16;1-7-4(9)6-3(8)2-5-7;1-2-3;;;;/h4-6,8H,7H2,1-3H3,(H,24,28)(H,22,29,30);5-8H,4H2,1-3H3,(H,22,27,28);3-5,7,25H,6H2,1-2H3,(H,22,26)(H,20,27,28);4-7H,3H2,1-2H3;4-7H,3,18H2,1-2H3;1H3,(H,6,8,9);1H3;3*1H3;. The van der Waals surface area contributed by atoms with Crippen LogP contribution in [0.25, 0.3) is 33.8 Å². The first kappa shape index (κ1) is 122. The van der Waals surface area contributed by atoms with Gasteiger partial charge in [-0.3, -0.25) is 43.7 Å². The van der Waals surface area contributed by atoms with E-state index in [2.05, 4.69) is 156 Å². The van der Waals surface area contributed by atoms with Crippen molar-refractivity contribution in [3.8, 4) is 98.0 Å². The third kappa shape index (κ3) is 33.3. The number of aromatic nitrogens is 22. The predicted molar refractivity (Wildman–Crippen MR) is 579 cm³/mol. The summed E-state index contributed by atoms with van der Waals surface area (Å²) in [6.45, 7) is 18.1. The first-order chi connectivity index (χ1) is 69.5. The number of nitrogens with one attached hydrogen (secondary N) is 6. The fourth-order valence-electron chi connectivity index (χ4n) is 12.2. The maximum absolute atomic E-state index is 12.1. The number of nitrogens with two attached hydrogens (primary N) is 1. The van der Waals surface area contributed by atoms with Gasteiger partial charge in [0.25, 0.3) is 27.8 Å². The molecule has 14 aromatic rings. The van der Waals surface area contributed by atoms with Crippen LogP contribution in [0.2, 0.25) is 80.5 Å². The van der Waals surface area contributed by atoms with E-state index in [4.69, 9.17) is 190 Å². The van der Waals surface area contributed by atoms with Crippen molar-refractivity contribution in [2.24, 2.45) is 28.2 Å². The Hall–Kier alpha value is -11.4. The van der Waals surface area contributed by atoms with Crippen LogP contribution < -0.4 is 89.2 Å². The number of carbonyl (C=O) groups excluding carboxylic acids is 1. The van der Waals surface area contributed by atoms with E-state index < -0.39 is 86.7 Å². The molecule has 148 heavy (non-hydrogen) atoms. The fourth-order valence-corrected chi connectivity index (χ4v) is 20.3. The monoisotopic (exact) mass is 2510 g/mol. The molecule has 9 N–H and O–H groups in total. The molecule has 0 fully saturated rings. The van der Waals surface area contributed by atoms with E-state index in [1.165, 1.54) is 88.2 Å². The van der Waals surface area contributed by atoms with Gasteiger partial charge in [0.2, 0.25) is 29.4 Å². The van der Waals surface area contributed by atoms with Gasteiger partial charge in [-0.25, -0.2) is 38.6 Å². The van der Waals surface area contributed by atoms with Crippen molar-refractivity contribution in [3.63, 3.8) is 0 Å². The molecule has 0 aliphatic rings. The van der Waals surface area contributed by atoms with E-state index in [1.54, 1.807) is 69.4 Å². The minimum atomic E-state index is -2.46. The number of aromatic amines is 6. The summed E-state index contributed by atoms with van der Waals surface area (Å²) in [5.41, 5.74) is 4.25. The SMILES string of the molecule is CC#N.CC(=O)OCC(C)c1cc(Oc2c(Cl)cc(-c3nn(C)c(=O)[nH]c3=O)cc2Cl)n[nH]c1=O.CC(CO)c1cc(Oc2c(Cl)cc(-c3nn(C)c(=O)[nH]c3=O)cc2Cl)n[nH]c1=O.CCC(C)c1cc(Oc2c(Cl)cc(-c3nn(C)c(=O)[nH]c3=O)cc2Cl)nnc1Cl.CCC(C)c1cc(Oc2c(Cl)cc(I)cc2Cl)nnc1Cl.CCC(C)c1cc(Oc2c(Cl)cc(N)cc2Cl)nnc1Cl.Cn1n[c]([Sn]([CH3])([CH3])[CH3])c(=O)[nH]c1=O. The Bertz CT molecular complexity index is 7730. The molecule has 42 nitrogen and oxygen atoms in total. The van der Waals surface area contributed by atoms with Gasteiger partial charge in [-0.15, -0.1) is 40.8 Å². The van der Waals surface area contributed by atoms with Gasteiger partial charge >= 0.3 is 103 Å². The van der Waals surface area contributed by atoms with Crippen LogP contribution in [0.15, 0.2) is 139 Å². The number of nitrogen functional groups attached to an aromatic ring is 1. The third-order valence-electron chi connectivity index (χ3n) is 20.6. The Morgan fingerprint density at radius 1 is 0.399 bits per heavy atom. The van der Waals surface area contributed by atoms with Gasteiger partial charge in [0, 0.05) is 121 Å². The van der Waals surface area contributed by atoms with E-state index in [9.17, 15) is 57.8 Å². The molecule has 9 heterocycles. The molecule has 9 aromatic heterocycles. The summed E-state index contributed by atoms with van der Waals surface area (Å²) < 4.78 is 38.9. The molecule has 0 saturated heterocycles. The van der Waals surface area contributed by atoms with Crippen LogP contribution in [0.4, 0.5) is 5.69 Å². The van der Waals surface area contributed by atoms with Crippen LogP contribution >= 0.6 is 173 Å². The number of aliphatic hydroxyl groups is 1.